The zero-order chi connectivity index (χ0) is 23.2. The molecule has 7 nitrogen and oxygen atoms in total. The quantitative estimate of drug-likeness (QED) is 0.496. The number of hydrogen-bond donors (Lipinski definition) is 3. The maximum atomic E-state index is 13.1. The third kappa shape index (κ3) is 6.31. The number of nitrogens with one attached hydrogen (secondary N) is 3. The van der Waals surface area contributed by atoms with E-state index in [0.717, 1.165) is 51.1 Å². The number of carbonyl (C=O) groups excluding carboxylic acids is 2. The SMILES string of the molecule is O=C(Nc1ccc(Cl)c(Cl)c1)Nc1ccc(N2CCCCC2)c(C(=O)NC[C@@H]2CCCO2)c1. The van der Waals surface area contributed by atoms with Gasteiger partial charge in [-0.3, -0.25) is 4.79 Å². The zero-order valence-corrected chi connectivity index (χ0v) is 19.8. The highest BCUT2D eigenvalue weighted by Gasteiger charge is 2.22. The molecule has 176 valence electrons. The Labute approximate surface area is 203 Å². The van der Waals surface area contributed by atoms with E-state index in [-0.39, 0.29) is 12.0 Å². The minimum atomic E-state index is -0.440. The van der Waals surface area contributed by atoms with Crippen molar-refractivity contribution in [2.24, 2.45) is 0 Å². The number of ether oxygens (including phenoxy) is 1. The Balaban J connectivity index is 1.48. The average molecular weight is 491 g/mol. The molecular formula is C24H28Cl2N4O3. The average Bonchev–Trinajstić information content (AvgIpc) is 3.34. The molecule has 3 amide bonds. The third-order valence-electron chi connectivity index (χ3n) is 5.89. The predicted octanol–water partition coefficient (Wildman–Crippen LogP) is 5.54. The lowest BCUT2D eigenvalue weighted by Gasteiger charge is -2.30. The third-order valence-corrected chi connectivity index (χ3v) is 6.63. The largest absolute Gasteiger partial charge is 0.376 e. The van der Waals surface area contributed by atoms with E-state index in [9.17, 15) is 9.59 Å². The van der Waals surface area contributed by atoms with Gasteiger partial charge in [-0.25, -0.2) is 4.79 Å². The highest BCUT2D eigenvalue weighted by atomic mass is 35.5. The van der Waals surface area contributed by atoms with Crippen LogP contribution in [0.15, 0.2) is 36.4 Å². The summed E-state index contributed by atoms with van der Waals surface area (Å²) >= 11 is 11.9. The molecule has 0 aromatic heterocycles. The van der Waals surface area contributed by atoms with Gasteiger partial charge in [-0.05, 0) is 68.5 Å². The van der Waals surface area contributed by atoms with E-state index in [4.69, 9.17) is 27.9 Å². The minimum Gasteiger partial charge on any atom is -0.376 e. The van der Waals surface area contributed by atoms with Gasteiger partial charge in [0.25, 0.3) is 5.91 Å². The Morgan fingerprint density at radius 2 is 1.67 bits per heavy atom. The van der Waals surface area contributed by atoms with Crippen LogP contribution in [0.4, 0.5) is 21.9 Å². The first-order valence-electron chi connectivity index (χ1n) is 11.3. The van der Waals surface area contributed by atoms with Crippen LogP contribution in [0.2, 0.25) is 10.0 Å². The molecule has 2 aliphatic heterocycles. The number of urea groups is 1. The van der Waals surface area contributed by atoms with Gasteiger partial charge in [0.05, 0.1) is 21.7 Å². The Kier molecular flexibility index (Phi) is 7.96. The molecule has 0 bridgehead atoms. The van der Waals surface area contributed by atoms with Crippen LogP contribution in [0.3, 0.4) is 0 Å². The maximum absolute atomic E-state index is 13.1. The molecule has 0 unspecified atom stereocenters. The number of carbonyl (C=O) groups is 2. The number of amides is 3. The predicted molar refractivity (Wildman–Crippen MR) is 133 cm³/mol. The van der Waals surface area contributed by atoms with Crippen molar-refractivity contribution in [3.8, 4) is 0 Å². The van der Waals surface area contributed by atoms with Crippen LogP contribution in [-0.4, -0.2) is 44.3 Å². The second-order valence-electron chi connectivity index (χ2n) is 8.33. The molecule has 0 saturated carbocycles. The number of anilines is 3. The van der Waals surface area contributed by atoms with E-state index in [1.165, 1.54) is 6.42 Å². The summed E-state index contributed by atoms with van der Waals surface area (Å²) < 4.78 is 5.63. The molecule has 3 N–H and O–H groups in total. The molecule has 2 saturated heterocycles. The van der Waals surface area contributed by atoms with E-state index in [0.29, 0.717) is 33.5 Å². The van der Waals surface area contributed by atoms with Crippen LogP contribution in [0, 0.1) is 0 Å². The summed E-state index contributed by atoms with van der Waals surface area (Å²) in [6.45, 7) is 3.05. The van der Waals surface area contributed by atoms with Gasteiger partial charge in [0.2, 0.25) is 0 Å². The summed E-state index contributed by atoms with van der Waals surface area (Å²) in [7, 11) is 0. The van der Waals surface area contributed by atoms with E-state index < -0.39 is 6.03 Å². The molecule has 4 rings (SSSR count). The van der Waals surface area contributed by atoms with Crippen molar-refractivity contribution in [3.63, 3.8) is 0 Å². The first-order chi connectivity index (χ1) is 16.0. The van der Waals surface area contributed by atoms with Crippen molar-refractivity contribution in [2.75, 3.05) is 41.8 Å². The molecule has 2 heterocycles. The van der Waals surface area contributed by atoms with E-state index in [1.54, 1.807) is 24.3 Å². The lowest BCUT2D eigenvalue weighted by Crippen LogP contribution is -2.35. The monoisotopic (exact) mass is 490 g/mol. The van der Waals surface area contributed by atoms with E-state index in [2.05, 4.69) is 20.9 Å². The molecule has 9 heteroatoms. The summed E-state index contributed by atoms with van der Waals surface area (Å²) in [5, 5.41) is 9.29. The molecule has 2 aromatic carbocycles. The maximum Gasteiger partial charge on any atom is 0.323 e. The number of hydrogen-bond acceptors (Lipinski definition) is 4. The summed E-state index contributed by atoms with van der Waals surface area (Å²) in [5.74, 6) is -0.167. The van der Waals surface area contributed by atoms with Crippen LogP contribution in [-0.2, 0) is 4.74 Å². The molecule has 0 spiro atoms. The van der Waals surface area contributed by atoms with Crippen molar-refractivity contribution >= 4 is 52.2 Å². The minimum absolute atomic E-state index is 0.0608. The van der Waals surface area contributed by atoms with Gasteiger partial charge < -0.3 is 25.6 Å². The van der Waals surface area contributed by atoms with Gasteiger partial charge in [0.15, 0.2) is 0 Å². The molecule has 1 atom stereocenters. The topological polar surface area (TPSA) is 82.7 Å². The Hall–Kier alpha value is -2.48. The van der Waals surface area contributed by atoms with Crippen molar-refractivity contribution in [1.82, 2.24) is 5.32 Å². The summed E-state index contributed by atoms with van der Waals surface area (Å²) in [6.07, 6.45) is 5.44. The van der Waals surface area contributed by atoms with Crippen LogP contribution in [0.5, 0.6) is 0 Å². The van der Waals surface area contributed by atoms with Gasteiger partial charge >= 0.3 is 6.03 Å². The highest BCUT2D eigenvalue weighted by Crippen LogP contribution is 2.28. The first-order valence-corrected chi connectivity index (χ1v) is 12.1. The van der Waals surface area contributed by atoms with Gasteiger partial charge in [-0.1, -0.05) is 23.2 Å². The molecular weight excluding hydrogens is 463 g/mol. The molecule has 2 fully saturated rings. The first kappa shape index (κ1) is 23.7. The summed E-state index contributed by atoms with van der Waals surface area (Å²) in [6, 6.07) is 9.86. The van der Waals surface area contributed by atoms with Crippen molar-refractivity contribution < 1.29 is 14.3 Å². The van der Waals surface area contributed by atoms with Crippen molar-refractivity contribution in [1.29, 1.82) is 0 Å². The number of benzene rings is 2. The fourth-order valence-corrected chi connectivity index (χ4v) is 4.48. The Morgan fingerprint density at radius 3 is 2.36 bits per heavy atom. The summed E-state index contributed by atoms with van der Waals surface area (Å²) in [4.78, 5) is 27.9. The lowest BCUT2D eigenvalue weighted by atomic mass is 10.1. The van der Waals surface area contributed by atoms with E-state index >= 15 is 0 Å². The van der Waals surface area contributed by atoms with Gasteiger partial charge in [0.1, 0.15) is 0 Å². The van der Waals surface area contributed by atoms with E-state index in [1.807, 2.05) is 12.1 Å². The van der Waals surface area contributed by atoms with Crippen LogP contribution < -0.4 is 20.9 Å². The highest BCUT2D eigenvalue weighted by molar-refractivity contribution is 6.42. The molecule has 2 aliphatic rings. The van der Waals surface area contributed by atoms with Gasteiger partial charge in [0, 0.05) is 43.3 Å². The number of piperidine rings is 1. The van der Waals surface area contributed by atoms with Crippen molar-refractivity contribution in [3.05, 3.63) is 52.0 Å². The fraction of sp³-hybridized carbons (Fsp3) is 0.417. The zero-order valence-electron chi connectivity index (χ0n) is 18.3. The molecule has 0 radical (unpaired) electrons. The van der Waals surface area contributed by atoms with Gasteiger partial charge in [-0.2, -0.15) is 0 Å². The smallest absolute Gasteiger partial charge is 0.323 e. The number of rotatable bonds is 6. The normalized spacial score (nSPS) is 18.1. The molecule has 2 aromatic rings. The van der Waals surface area contributed by atoms with Crippen LogP contribution in [0.25, 0.3) is 0 Å². The second-order valence-corrected chi connectivity index (χ2v) is 9.15. The van der Waals surface area contributed by atoms with Crippen LogP contribution >= 0.6 is 23.2 Å². The van der Waals surface area contributed by atoms with Crippen molar-refractivity contribution in [2.45, 2.75) is 38.2 Å². The second kappa shape index (κ2) is 11.1. The molecule has 33 heavy (non-hydrogen) atoms. The lowest BCUT2D eigenvalue weighted by molar-refractivity contribution is 0.0858. The number of halogens is 2. The fourth-order valence-electron chi connectivity index (χ4n) is 4.18. The van der Waals surface area contributed by atoms with Crippen LogP contribution in [0.1, 0.15) is 42.5 Å². The summed E-state index contributed by atoms with van der Waals surface area (Å²) in [5.41, 5.74) is 2.47. The molecule has 0 aliphatic carbocycles. The Bertz CT molecular complexity index is 1010. The standard InChI is InChI=1S/C24H28Cl2N4O3/c25-20-8-6-17(14-21(20)26)29-24(32)28-16-7-9-22(30-10-2-1-3-11-30)19(13-16)23(31)27-15-18-5-4-12-33-18/h6-9,13-14,18H,1-5,10-12,15H2,(H,27,31)(H2,28,29,32)/t18-/m0/s1. The number of nitrogens with zero attached hydrogens (tertiary/aromatic N) is 1. The Morgan fingerprint density at radius 1 is 0.939 bits per heavy atom. The van der Waals surface area contributed by atoms with Gasteiger partial charge in [-0.15, -0.1) is 0 Å².